The lowest BCUT2D eigenvalue weighted by atomic mass is 10.1. The molecule has 1 amide bonds. The number of carbonyl (C=O) groups excluding carboxylic acids is 1. The number of anilines is 1. The van der Waals surface area contributed by atoms with Crippen molar-refractivity contribution in [3.05, 3.63) is 69.6 Å². The first-order valence-corrected chi connectivity index (χ1v) is 15.2. The van der Waals surface area contributed by atoms with E-state index in [4.69, 9.17) is 21.1 Å². The summed E-state index contributed by atoms with van der Waals surface area (Å²) in [7, 11) is 0. The van der Waals surface area contributed by atoms with Crippen LogP contribution < -0.4 is 19.4 Å². The lowest BCUT2D eigenvalue weighted by molar-refractivity contribution is -0.683. The SMILES string of the molecule is CCCCCCCCCCCCOc1c(Cl)cccc1OCC(=O)Nc1cccc(C[n+]2csc(C)c2)c1. The minimum absolute atomic E-state index is 0.127. The zero-order chi connectivity index (χ0) is 27.0. The molecule has 0 spiro atoms. The number of para-hydroxylation sites is 1. The molecule has 3 rings (SSSR count). The van der Waals surface area contributed by atoms with Gasteiger partial charge in [0.1, 0.15) is 0 Å². The highest BCUT2D eigenvalue weighted by Gasteiger charge is 2.13. The summed E-state index contributed by atoms with van der Waals surface area (Å²) < 4.78 is 13.9. The van der Waals surface area contributed by atoms with Gasteiger partial charge in [-0.1, -0.05) is 106 Å². The number of rotatable bonds is 18. The van der Waals surface area contributed by atoms with E-state index in [0.29, 0.717) is 23.1 Å². The number of benzene rings is 2. The molecule has 38 heavy (non-hydrogen) atoms. The Bertz CT molecular complexity index is 1120. The van der Waals surface area contributed by atoms with Crippen LogP contribution in [0.15, 0.2) is 54.2 Å². The van der Waals surface area contributed by atoms with Crippen LogP contribution in [0.3, 0.4) is 0 Å². The van der Waals surface area contributed by atoms with Gasteiger partial charge in [0.05, 0.1) is 16.5 Å². The summed E-state index contributed by atoms with van der Waals surface area (Å²) in [4.78, 5) is 13.9. The largest absolute Gasteiger partial charge is 0.488 e. The van der Waals surface area contributed by atoms with Crippen molar-refractivity contribution in [1.29, 1.82) is 0 Å². The monoisotopic (exact) mass is 557 g/mol. The van der Waals surface area contributed by atoms with Crippen LogP contribution in [-0.4, -0.2) is 19.1 Å². The number of aryl methyl sites for hydroxylation is 1. The number of unbranched alkanes of at least 4 members (excludes halogenated alkanes) is 9. The van der Waals surface area contributed by atoms with Crippen molar-refractivity contribution < 1.29 is 18.8 Å². The fraction of sp³-hybridized carbons (Fsp3) is 0.484. The number of thiazole rings is 1. The normalized spacial score (nSPS) is 10.9. The van der Waals surface area contributed by atoms with Crippen LogP contribution >= 0.6 is 22.9 Å². The van der Waals surface area contributed by atoms with E-state index in [0.717, 1.165) is 30.6 Å². The van der Waals surface area contributed by atoms with Crippen LogP contribution in [0.1, 0.15) is 81.6 Å². The zero-order valence-electron chi connectivity index (χ0n) is 22.8. The topological polar surface area (TPSA) is 51.4 Å². The summed E-state index contributed by atoms with van der Waals surface area (Å²) in [5, 5.41) is 3.41. The molecular formula is C31H42ClN2O3S+. The molecule has 0 atom stereocenters. The van der Waals surface area contributed by atoms with Gasteiger partial charge in [-0.05, 0) is 37.6 Å². The second-order valence-corrected chi connectivity index (χ2v) is 11.3. The van der Waals surface area contributed by atoms with E-state index < -0.39 is 0 Å². The molecule has 0 unspecified atom stereocenters. The first kappa shape index (κ1) is 30.0. The first-order chi connectivity index (χ1) is 18.5. The molecule has 0 fully saturated rings. The molecule has 1 N–H and O–H groups in total. The van der Waals surface area contributed by atoms with Gasteiger partial charge in [0.25, 0.3) is 5.91 Å². The molecule has 3 aromatic rings. The molecule has 1 heterocycles. The standard InChI is InChI=1S/C31H41ClN2O3S/c1-3-4-5-6-7-8-9-10-11-12-19-36-31-28(32)17-14-18-29(31)37-23-30(35)33-27-16-13-15-26(20-27)22-34-21-25(2)38-24-34/h13-18,20-21,24H,3-12,19,22-23H2,1-2H3/p+1. The van der Waals surface area contributed by atoms with Crippen LogP contribution in [0.5, 0.6) is 11.5 Å². The Balaban J connectivity index is 1.39. The number of ether oxygens (including phenoxy) is 2. The van der Waals surface area contributed by atoms with Gasteiger partial charge in [0.15, 0.2) is 30.8 Å². The molecule has 7 heteroatoms. The van der Waals surface area contributed by atoms with Gasteiger partial charge in [0.2, 0.25) is 5.51 Å². The molecule has 206 valence electrons. The maximum absolute atomic E-state index is 12.6. The summed E-state index contributed by atoms with van der Waals surface area (Å²) in [6, 6.07) is 13.2. The Morgan fingerprint density at radius 1 is 0.947 bits per heavy atom. The lowest BCUT2D eigenvalue weighted by Crippen LogP contribution is -2.30. The predicted molar refractivity (Wildman–Crippen MR) is 158 cm³/mol. The molecule has 5 nitrogen and oxygen atoms in total. The Labute approximate surface area is 237 Å². The molecule has 0 saturated heterocycles. The van der Waals surface area contributed by atoms with Crippen molar-refractivity contribution >= 4 is 34.5 Å². The van der Waals surface area contributed by atoms with Crippen LogP contribution in [0.2, 0.25) is 5.02 Å². The van der Waals surface area contributed by atoms with Crippen molar-refractivity contribution in [1.82, 2.24) is 0 Å². The van der Waals surface area contributed by atoms with E-state index in [-0.39, 0.29) is 12.5 Å². The number of hydrogen-bond donors (Lipinski definition) is 1. The number of halogens is 1. The number of nitrogens with one attached hydrogen (secondary N) is 1. The Hall–Kier alpha value is -2.57. The van der Waals surface area contributed by atoms with E-state index in [9.17, 15) is 4.79 Å². The average Bonchev–Trinajstić information content (AvgIpc) is 3.31. The van der Waals surface area contributed by atoms with E-state index in [1.165, 1.54) is 56.2 Å². The Morgan fingerprint density at radius 2 is 1.66 bits per heavy atom. The minimum Gasteiger partial charge on any atom is -0.488 e. The summed E-state index contributed by atoms with van der Waals surface area (Å²) in [5.41, 5.74) is 3.95. The first-order valence-electron chi connectivity index (χ1n) is 13.9. The number of amides is 1. The fourth-order valence-electron chi connectivity index (χ4n) is 4.33. The van der Waals surface area contributed by atoms with Gasteiger partial charge in [-0.3, -0.25) is 4.79 Å². The summed E-state index contributed by atoms with van der Waals surface area (Å²) >= 11 is 8.10. The van der Waals surface area contributed by atoms with E-state index in [2.05, 4.69) is 41.5 Å². The number of nitrogens with zero attached hydrogens (tertiary/aromatic N) is 1. The van der Waals surface area contributed by atoms with E-state index in [1.807, 2.05) is 18.2 Å². The molecule has 0 saturated carbocycles. The quantitative estimate of drug-likeness (QED) is 0.126. The van der Waals surface area contributed by atoms with Crippen LogP contribution in [0.25, 0.3) is 0 Å². The highest BCUT2D eigenvalue weighted by atomic mass is 35.5. The molecule has 0 aliphatic rings. The van der Waals surface area contributed by atoms with Gasteiger partial charge in [-0.15, -0.1) is 0 Å². The average molecular weight is 558 g/mol. The molecule has 0 aliphatic heterocycles. The molecular weight excluding hydrogens is 516 g/mol. The maximum atomic E-state index is 12.6. The van der Waals surface area contributed by atoms with Crippen molar-refractivity contribution in [2.24, 2.45) is 0 Å². The minimum atomic E-state index is -0.234. The fourth-order valence-corrected chi connectivity index (χ4v) is 5.19. The Kier molecular flexibility index (Phi) is 13.5. The number of hydrogen-bond acceptors (Lipinski definition) is 4. The van der Waals surface area contributed by atoms with Crippen LogP contribution in [0, 0.1) is 6.92 Å². The summed E-state index contributed by atoms with van der Waals surface area (Å²) in [6.07, 6.45) is 14.8. The van der Waals surface area contributed by atoms with Crippen molar-refractivity contribution in [3.63, 3.8) is 0 Å². The second kappa shape index (κ2) is 17.1. The van der Waals surface area contributed by atoms with Crippen LogP contribution in [-0.2, 0) is 11.3 Å². The molecule has 1 aromatic heterocycles. The third-order valence-corrected chi connectivity index (χ3v) is 7.48. The van der Waals surface area contributed by atoms with Crippen molar-refractivity contribution in [2.75, 3.05) is 18.5 Å². The zero-order valence-corrected chi connectivity index (χ0v) is 24.4. The Morgan fingerprint density at radius 3 is 2.37 bits per heavy atom. The summed E-state index contributed by atoms with van der Waals surface area (Å²) in [6.45, 7) is 5.55. The highest BCUT2D eigenvalue weighted by Crippen LogP contribution is 2.35. The number of aromatic nitrogens is 1. The lowest BCUT2D eigenvalue weighted by Gasteiger charge is -2.14. The number of carbonyl (C=O) groups is 1. The van der Waals surface area contributed by atoms with E-state index in [1.54, 1.807) is 29.5 Å². The van der Waals surface area contributed by atoms with Gasteiger partial charge in [-0.25, -0.2) is 0 Å². The molecule has 0 aliphatic carbocycles. The third-order valence-electron chi connectivity index (χ3n) is 6.33. The van der Waals surface area contributed by atoms with Crippen molar-refractivity contribution in [3.8, 4) is 11.5 Å². The van der Waals surface area contributed by atoms with E-state index >= 15 is 0 Å². The third kappa shape index (κ3) is 11.0. The van der Waals surface area contributed by atoms with Gasteiger partial charge < -0.3 is 14.8 Å². The van der Waals surface area contributed by atoms with Gasteiger partial charge in [-0.2, -0.15) is 4.57 Å². The molecule has 2 aromatic carbocycles. The van der Waals surface area contributed by atoms with Gasteiger partial charge in [0, 0.05) is 11.3 Å². The second-order valence-electron chi connectivity index (χ2n) is 9.77. The smallest absolute Gasteiger partial charge is 0.262 e. The predicted octanol–water partition coefficient (Wildman–Crippen LogP) is 8.36. The van der Waals surface area contributed by atoms with Crippen LogP contribution in [0.4, 0.5) is 5.69 Å². The maximum Gasteiger partial charge on any atom is 0.262 e. The summed E-state index contributed by atoms with van der Waals surface area (Å²) in [5.74, 6) is 0.752. The highest BCUT2D eigenvalue weighted by molar-refractivity contribution is 7.09. The van der Waals surface area contributed by atoms with Gasteiger partial charge >= 0.3 is 0 Å². The van der Waals surface area contributed by atoms with Crippen molar-refractivity contribution in [2.45, 2.75) is 84.6 Å². The molecule has 0 radical (unpaired) electrons. The molecule has 0 bridgehead atoms.